The van der Waals surface area contributed by atoms with E-state index in [1.54, 1.807) is 12.4 Å². The van der Waals surface area contributed by atoms with Gasteiger partial charge < -0.3 is 9.72 Å². The van der Waals surface area contributed by atoms with Crippen LogP contribution in [-0.4, -0.2) is 27.6 Å². The highest BCUT2D eigenvalue weighted by molar-refractivity contribution is 5.40. The molecule has 122 valence electrons. The summed E-state index contributed by atoms with van der Waals surface area (Å²) >= 11 is 0. The number of H-pyrrole nitrogens is 1. The molecule has 0 aliphatic carbocycles. The third-order valence-corrected chi connectivity index (χ3v) is 4.58. The van der Waals surface area contributed by atoms with Crippen molar-refractivity contribution in [1.29, 1.82) is 0 Å². The molecule has 0 saturated carbocycles. The summed E-state index contributed by atoms with van der Waals surface area (Å²) in [5.74, 6) is 2.23. The monoisotopic (exact) mass is 320 g/mol. The van der Waals surface area contributed by atoms with Gasteiger partial charge in [-0.1, -0.05) is 31.2 Å². The smallest absolute Gasteiger partial charge is 0.127 e. The van der Waals surface area contributed by atoms with Crippen molar-refractivity contribution in [2.75, 3.05) is 6.54 Å². The largest absolute Gasteiger partial charge is 0.488 e. The van der Waals surface area contributed by atoms with E-state index in [0.29, 0.717) is 5.92 Å². The molecule has 0 bridgehead atoms. The Hall–Kier alpha value is -2.66. The minimum atomic E-state index is -0.0341. The van der Waals surface area contributed by atoms with Gasteiger partial charge in [0, 0.05) is 42.8 Å². The van der Waals surface area contributed by atoms with E-state index in [2.05, 4.69) is 45.4 Å². The van der Waals surface area contributed by atoms with Gasteiger partial charge in [-0.25, -0.2) is 4.98 Å². The number of hydrogen-bond donors (Lipinski definition) is 2. The van der Waals surface area contributed by atoms with Gasteiger partial charge in [-0.2, -0.15) is 0 Å². The summed E-state index contributed by atoms with van der Waals surface area (Å²) in [6.45, 7) is 2.94. The first-order valence-electron chi connectivity index (χ1n) is 8.21. The first-order valence-corrected chi connectivity index (χ1v) is 8.21. The van der Waals surface area contributed by atoms with Crippen LogP contribution in [0.3, 0.4) is 0 Å². The molecule has 1 aliphatic rings. The van der Waals surface area contributed by atoms with Crippen molar-refractivity contribution in [3.63, 3.8) is 0 Å². The van der Waals surface area contributed by atoms with Gasteiger partial charge in [0.25, 0.3) is 0 Å². The average molecular weight is 320 g/mol. The van der Waals surface area contributed by atoms with Crippen LogP contribution in [0.15, 0.2) is 61.2 Å². The number of imidazole rings is 1. The van der Waals surface area contributed by atoms with E-state index in [9.17, 15) is 0 Å². The van der Waals surface area contributed by atoms with E-state index in [0.717, 1.165) is 23.7 Å². The lowest BCUT2D eigenvalue weighted by Gasteiger charge is -2.21. The molecule has 0 saturated heterocycles. The van der Waals surface area contributed by atoms with Gasteiger partial charge in [-0.15, -0.1) is 0 Å². The number of aromatic nitrogens is 3. The van der Waals surface area contributed by atoms with Crippen molar-refractivity contribution >= 4 is 0 Å². The average Bonchev–Trinajstić information content (AvgIpc) is 3.26. The van der Waals surface area contributed by atoms with Crippen LogP contribution >= 0.6 is 0 Å². The van der Waals surface area contributed by atoms with Gasteiger partial charge in [-0.3, -0.25) is 10.3 Å². The summed E-state index contributed by atoms with van der Waals surface area (Å²) in [6, 6.07) is 12.2. The molecule has 2 N–H and O–H groups in total. The number of pyridine rings is 1. The van der Waals surface area contributed by atoms with E-state index in [-0.39, 0.29) is 12.1 Å². The van der Waals surface area contributed by atoms with Crippen LogP contribution < -0.4 is 10.1 Å². The Kier molecular flexibility index (Phi) is 4.01. The van der Waals surface area contributed by atoms with Crippen LogP contribution in [0.1, 0.15) is 35.8 Å². The summed E-state index contributed by atoms with van der Waals surface area (Å²) in [5, 5.41) is 3.59. The fourth-order valence-corrected chi connectivity index (χ4v) is 3.24. The number of fused-ring (bicyclic) bond motifs is 1. The van der Waals surface area contributed by atoms with E-state index in [1.807, 2.05) is 30.6 Å². The van der Waals surface area contributed by atoms with E-state index in [4.69, 9.17) is 4.74 Å². The summed E-state index contributed by atoms with van der Waals surface area (Å²) in [5.41, 5.74) is 2.36. The third kappa shape index (κ3) is 2.78. The predicted octanol–water partition coefficient (Wildman–Crippen LogP) is 3.05. The van der Waals surface area contributed by atoms with E-state index < -0.39 is 0 Å². The number of benzene rings is 1. The van der Waals surface area contributed by atoms with Gasteiger partial charge in [0.2, 0.25) is 0 Å². The Balaban J connectivity index is 1.51. The van der Waals surface area contributed by atoms with Crippen LogP contribution in [0, 0.1) is 0 Å². The normalized spacial score (nSPS) is 20.4. The van der Waals surface area contributed by atoms with Gasteiger partial charge in [0.15, 0.2) is 0 Å². The molecule has 0 radical (unpaired) electrons. The van der Waals surface area contributed by atoms with Crippen LogP contribution in [0.4, 0.5) is 0 Å². The van der Waals surface area contributed by atoms with Gasteiger partial charge in [0.05, 0.1) is 6.04 Å². The molecular weight excluding hydrogens is 300 g/mol. The molecular formula is C19H20N4O. The number of rotatable bonds is 5. The number of hydrogen-bond acceptors (Lipinski definition) is 4. The second kappa shape index (κ2) is 6.45. The highest BCUT2D eigenvalue weighted by Crippen LogP contribution is 2.37. The lowest BCUT2D eigenvalue weighted by Crippen LogP contribution is -2.35. The van der Waals surface area contributed by atoms with E-state index in [1.165, 1.54) is 5.56 Å². The molecule has 5 nitrogen and oxygen atoms in total. The van der Waals surface area contributed by atoms with Crippen molar-refractivity contribution in [2.45, 2.75) is 25.0 Å². The first kappa shape index (κ1) is 14.9. The molecule has 5 heteroatoms. The molecule has 0 spiro atoms. The van der Waals surface area contributed by atoms with Crippen LogP contribution in [0.5, 0.6) is 5.75 Å². The SMILES string of the molecule is C[C@@H]1c2ccccc2O[C@@H]1CNC(c1cccnc1)c1ncc[nH]1. The third-order valence-electron chi connectivity index (χ3n) is 4.58. The second-order valence-corrected chi connectivity index (χ2v) is 6.08. The van der Waals surface area contributed by atoms with Crippen LogP contribution in [0.2, 0.25) is 0 Å². The Labute approximate surface area is 141 Å². The van der Waals surface area contributed by atoms with Gasteiger partial charge in [0.1, 0.15) is 17.7 Å². The van der Waals surface area contributed by atoms with Crippen molar-refractivity contribution in [3.8, 4) is 5.75 Å². The summed E-state index contributed by atoms with van der Waals surface area (Å²) in [4.78, 5) is 11.8. The standard InChI is InChI=1S/C19H20N4O/c1-13-15-6-2-3-7-16(15)24-17(13)12-23-18(19-21-9-10-22-19)14-5-4-8-20-11-14/h2-11,13,17-18,23H,12H2,1H3,(H,21,22)/t13-,17-,18?/m1/s1. The Morgan fingerprint density at radius 3 is 2.88 bits per heavy atom. The van der Waals surface area contributed by atoms with Gasteiger partial charge >= 0.3 is 0 Å². The van der Waals surface area contributed by atoms with Gasteiger partial charge in [-0.05, 0) is 17.7 Å². The number of nitrogens with zero attached hydrogens (tertiary/aromatic N) is 2. The van der Waals surface area contributed by atoms with Crippen molar-refractivity contribution in [2.24, 2.45) is 0 Å². The maximum Gasteiger partial charge on any atom is 0.127 e. The lowest BCUT2D eigenvalue weighted by molar-refractivity contribution is 0.203. The number of para-hydroxylation sites is 1. The Bertz CT molecular complexity index is 788. The number of aromatic amines is 1. The molecule has 3 heterocycles. The molecule has 3 atom stereocenters. The maximum atomic E-state index is 6.11. The molecule has 2 aromatic heterocycles. The zero-order valence-electron chi connectivity index (χ0n) is 13.5. The van der Waals surface area contributed by atoms with Crippen molar-refractivity contribution in [3.05, 3.63) is 78.1 Å². The minimum Gasteiger partial charge on any atom is -0.488 e. The number of ether oxygens (including phenoxy) is 1. The summed E-state index contributed by atoms with van der Waals surface area (Å²) in [7, 11) is 0. The van der Waals surface area contributed by atoms with Crippen LogP contribution in [0.25, 0.3) is 0 Å². The second-order valence-electron chi connectivity index (χ2n) is 6.08. The molecule has 0 fully saturated rings. The molecule has 1 unspecified atom stereocenters. The molecule has 4 rings (SSSR count). The Morgan fingerprint density at radius 2 is 2.12 bits per heavy atom. The van der Waals surface area contributed by atoms with Crippen LogP contribution in [-0.2, 0) is 0 Å². The topological polar surface area (TPSA) is 62.8 Å². The Morgan fingerprint density at radius 1 is 1.21 bits per heavy atom. The summed E-state index contributed by atoms with van der Waals surface area (Å²) in [6.07, 6.45) is 7.36. The molecule has 3 aromatic rings. The maximum absolute atomic E-state index is 6.11. The fourth-order valence-electron chi connectivity index (χ4n) is 3.24. The zero-order valence-corrected chi connectivity index (χ0v) is 13.5. The lowest BCUT2D eigenvalue weighted by atomic mass is 9.97. The quantitative estimate of drug-likeness (QED) is 0.758. The molecule has 0 amide bonds. The highest BCUT2D eigenvalue weighted by Gasteiger charge is 2.31. The zero-order chi connectivity index (χ0) is 16.4. The number of nitrogens with one attached hydrogen (secondary N) is 2. The molecule has 24 heavy (non-hydrogen) atoms. The summed E-state index contributed by atoms with van der Waals surface area (Å²) < 4.78 is 6.11. The van der Waals surface area contributed by atoms with Crippen molar-refractivity contribution < 1.29 is 4.74 Å². The molecule has 1 aromatic carbocycles. The minimum absolute atomic E-state index is 0.0341. The van der Waals surface area contributed by atoms with E-state index >= 15 is 0 Å². The fraction of sp³-hybridized carbons (Fsp3) is 0.263. The highest BCUT2D eigenvalue weighted by atomic mass is 16.5. The van der Waals surface area contributed by atoms with Crippen molar-refractivity contribution in [1.82, 2.24) is 20.3 Å². The molecule has 1 aliphatic heterocycles. The predicted molar refractivity (Wildman–Crippen MR) is 91.9 cm³/mol. The first-order chi connectivity index (χ1) is 11.8.